The van der Waals surface area contributed by atoms with Gasteiger partial charge in [0.05, 0.1) is 6.42 Å². The maximum Gasteiger partial charge on any atom is 0.353 e. The minimum atomic E-state index is -0.918. The molecule has 1 unspecified atom stereocenters. The molecule has 36 heavy (non-hydrogen) atoms. The number of aliphatic carboxylic acids is 1. The number of amides is 1. The molecule has 8 nitrogen and oxygen atoms in total. The number of halogens is 1. The molecule has 1 aliphatic heterocycles. The van der Waals surface area contributed by atoms with Crippen LogP contribution in [0, 0.1) is 11.2 Å². The lowest BCUT2D eigenvalue weighted by atomic mass is 9.86. The molecular formula is C26H32FN3O5S. The maximum absolute atomic E-state index is 14.5. The molecule has 1 fully saturated rings. The highest BCUT2D eigenvalue weighted by Gasteiger charge is 2.38. The number of rotatable bonds is 10. The number of aliphatic imine (C=N–C) groups is 1. The minimum Gasteiger partial charge on any atom is -0.481 e. The topological polar surface area (TPSA) is 122 Å². The molecule has 2 aromatic rings. The van der Waals surface area contributed by atoms with Gasteiger partial charge in [-0.15, -0.1) is 11.3 Å². The Morgan fingerprint density at radius 2 is 2.03 bits per heavy atom. The third-order valence-corrected chi connectivity index (χ3v) is 7.11. The molecule has 1 aromatic carbocycles. The van der Waals surface area contributed by atoms with Gasteiger partial charge in [0.2, 0.25) is 5.91 Å². The fourth-order valence-electron chi connectivity index (χ4n) is 4.22. The number of thiophene rings is 1. The van der Waals surface area contributed by atoms with Crippen LogP contribution in [0.25, 0.3) is 0 Å². The van der Waals surface area contributed by atoms with Crippen LogP contribution < -0.4 is 10.5 Å². The number of nitrogens with two attached hydrogens (primary N) is 1. The van der Waals surface area contributed by atoms with Crippen LogP contribution in [0.15, 0.2) is 35.3 Å². The average Bonchev–Trinajstić information content (AvgIpc) is 3.47. The highest BCUT2D eigenvalue weighted by molar-refractivity contribution is 7.14. The lowest BCUT2D eigenvalue weighted by molar-refractivity contribution is -0.144. The molecule has 1 atom stereocenters. The molecule has 0 spiro atoms. The lowest BCUT2D eigenvalue weighted by Gasteiger charge is -2.32. The monoisotopic (exact) mass is 517 g/mol. The second kappa shape index (κ2) is 11.6. The number of ether oxygens (including phenoxy) is 1. The molecule has 0 radical (unpaired) electrons. The van der Waals surface area contributed by atoms with Crippen molar-refractivity contribution in [3.05, 3.63) is 51.5 Å². The summed E-state index contributed by atoms with van der Waals surface area (Å²) in [7, 11) is 0. The van der Waals surface area contributed by atoms with Gasteiger partial charge in [0.15, 0.2) is 11.6 Å². The molecule has 3 rings (SSSR count). The first kappa shape index (κ1) is 27.3. The van der Waals surface area contributed by atoms with Gasteiger partial charge in [0.1, 0.15) is 10.7 Å². The molecule has 2 heterocycles. The fraction of sp³-hybridized carbons (Fsp3) is 0.462. The van der Waals surface area contributed by atoms with Crippen LogP contribution in [0.4, 0.5) is 4.39 Å². The molecular weight excluding hydrogens is 485 g/mol. The Bertz CT molecular complexity index is 1160. The lowest BCUT2D eigenvalue weighted by Crippen LogP contribution is -2.45. The van der Waals surface area contributed by atoms with Crippen LogP contribution in [-0.2, 0) is 16.0 Å². The van der Waals surface area contributed by atoms with Crippen molar-refractivity contribution in [3.63, 3.8) is 0 Å². The standard InChI is InChI=1S/C26H32FN3O5S/c1-4-11-29-23(28)16-7-9-20(19(27)13-16)35-24(33)21-10-8-18(36-21)15-26(2,3)25(34)30-12-5-6-17(30)14-22(31)32/h7-10,13,17H,4-6,11-12,14-15H2,1-3H3,(H2,28,29)(H,31,32). The largest absolute Gasteiger partial charge is 0.481 e. The highest BCUT2D eigenvalue weighted by atomic mass is 32.1. The van der Waals surface area contributed by atoms with E-state index in [1.54, 1.807) is 23.1 Å². The van der Waals surface area contributed by atoms with Gasteiger partial charge >= 0.3 is 11.9 Å². The zero-order valence-corrected chi connectivity index (χ0v) is 21.6. The first-order valence-corrected chi connectivity index (χ1v) is 12.8. The van der Waals surface area contributed by atoms with Crippen molar-refractivity contribution in [3.8, 4) is 5.75 Å². The molecule has 194 valence electrons. The second-order valence-electron chi connectivity index (χ2n) is 9.52. The van der Waals surface area contributed by atoms with Crippen LogP contribution in [-0.4, -0.2) is 52.8 Å². The van der Waals surface area contributed by atoms with Gasteiger partial charge in [-0.05, 0) is 56.0 Å². The van der Waals surface area contributed by atoms with Gasteiger partial charge in [-0.3, -0.25) is 14.6 Å². The smallest absolute Gasteiger partial charge is 0.353 e. The normalized spacial score (nSPS) is 16.3. The van der Waals surface area contributed by atoms with Crippen molar-refractivity contribution >= 4 is 35.0 Å². The van der Waals surface area contributed by atoms with E-state index in [1.807, 2.05) is 20.8 Å². The minimum absolute atomic E-state index is 0.0630. The van der Waals surface area contributed by atoms with E-state index < -0.39 is 23.2 Å². The van der Waals surface area contributed by atoms with Crippen molar-refractivity contribution in [2.75, 3.05) is 13.1 Å². The summed E-state index contributed by atoms with van der Waals surface area (Å²) in [6, 6.07) is 7.12. The summed E-state index contributed by atoms with van der Waals surface area (Å²) < 4.78 is 19.8. The van der Waals surface area contributed by atoms with Gasteiger partial charge in [-0.2, -0.15) is 0 Å². The number of carboxylic acids is 1. The van der Waals surface area contributed by atoms with Gasteiger partial charge < -0.3 is 20.5 Å². The zero-order chi connectivity index (χ0) is 26.5. The Hall–Kier alpha value is -3.27. The summed E-state index contributed by atoms with van der Waals surface area (Å²) in [5.74, 6) is -2.44. The number of likely N-dealkylation sites (tertiary alicyclic amines) is 1. The van der Waals surface area contributed by atoms with Crippen LogP contribution >= 0.6 is 11.3 Å². The van der Waals surface area contributed by atoms with Gasteiger partial charge in [-0.1, -0.05) is 20.8 Å². The molecule has 1 aromatic heterocycles. The molecule has 1 amide bonds. The number of esters is 1. The van der Waals surface area contributed by atoms with E-state index in [0.29, 0.717) is 31.5 Å². The summed E-state index contributed by atoms with van der Waals surface area (Å²) in [6.45, 7) is 6.67. The second-order valence-corrected chi connectivity index (χ2v) is 10.7. The van der Waals surface area contributed by atoms with E-state index in [-0.39, 0.29) is 34.8 Å². The molecule has 3 N–H and O–H groups in total. The van der Waals surface area contributed by atoms with Crippen LogP contribution in [0.1, 0.15) is 66.6 Å². The Morgan fingerprint density at radius 1 is 1.28 bits per heavy atom. The van der Waals surface area contributed by atoms with E-state index in [1.165, 1.54) is 23.5 Å². The van der Waals surface area contributed by atoms with Crippen LogP contribution in [0.2, 0.25) is 0 Å². The maximum atomic E-state index is 14.5. The SMILES string of the molecule is CCCN=C(N)c1ccc(OC(=O)c2ccc(CC(C)(C)C(=O)N3CCCC3CC(=O)O)s2)c(F)c1. The van der Waals surface area contributed by atoms with E-state index in [4.69, 9.17) is 15.6 Å². The number of hydrogen-bond acceptors (Lipinski definition) is 6. The van der Waals surface area contributed by atoms with E-state index >= 15 is 0 Å². The van der Waals surface area contributed by atoms with Crippen molar-refractivity contribution in [2.24, 2.45) is 16.1 Å². The third-order valence-electron chi connectivity index (χ3n) is 6.04. The van der Waals surface area contributed by atoms with Crippen molar-refractivity contribution in [1.82, 2.24) is 4.90 Å². The van der Waals surface area contributed by atoms with E-state index in [0.717, 1.165) is 17.7 Å². The van der Waals surface area contributed by atoms with Crippen LogP contribution in [0.5, 0.6) is 5.75 Å². The summed E-state index contributed by atoms with van der Waals surface area (Å²) in [5.41, 5.74) is 5.49. The average molecular weight is 518 g/mol. The number of benzene rings is 1. The molecule has 0 bridgehead atoms. The van der Waals surface area contributed by atoms with Crippen molar-refractivity contribution in [1.29, 1.82) is 0 Å². The third kappa shape index (κ3) is 6.69. The Labute approximate surface area is 214 Å². The van der Waals surface area contributed by atoms with Crippen molar-refractivity contribution < 1.29 is 28.6 Å². The quantitative estimate of drug-likeness (QED) is 0.210. The number of carboxylic acid groups (broad SMARTS) is 1. The predicted octanol–water partition coefficient (Wildman–Crippen LogP) is 4.26. The van der Waals surface area contributed by atoms with Crippen LogP contribution in [0.3, 0.4) is 0 Å². The van der Waals surface area contributed by atoms with E-state index in [9.17, 15) is 18.8 Å². The Balaban J connectivity index is 1.65. The molecule has 0 aliphatic carbocycles. The first-order chi connectivity index (χ1) is 17.0. The van der Waals surface area contributed by atoms with Gasteiger partial charge in [0.25, 0.3) is 0 Å². The molecule has 0 saturated carbocycles. The summed E-state index contributed by atoms with van der Waals surface area (Å²) in [4.78, 5) is 43.9. The number of hydrogen-bond donors (Lipinski definition) is 2. The summed E-state index contributed by atoms with van der Waals surface area (Å²) in [5, 5.41) is 9.14. The number of carbonyl (C=O) groups is 3. The summed E-state index contributed by atoms with van der Waals surface area (Å²) >= 11 is 1.18. The fourth-order valence-corrected chi connectivity index (χ4v) is 5.33. The molecule has 1 saturated heterocycles. The van der Waals surface area contributed by atoms with Gasteiger partial charge in [-0.25, -0.2) is 9.18 Å². The highest BCUT2D eigenvalue weighted by Crippen LogP contribution is 2.33. The molecule has 1 aliphatic rings. The van der Waals surface area contributed by atoms with E-state index in [2.05, 4.69) is 4.99 Å². The number of carbonyl (C=O) groups excluding carboxylic acids is 2. The predicted molar refractivity (Wildman–Crippen MR) is 136 cm³/mol. The molecule has 10 heteroatoms. The number of nitrogens with zero attached hydrogens (tertiary/aromatic N) is 2. The number of amidine groups is 1. The Morgan fingerprint density at radius 3 is 2.69 bits per heavy atom. The Kier molecular flexibility index (Phi) is 8.84. The zero-order valence-electron chi connectivity index (χ0n) is 20.8. The van der Waals surface area contributed by atoms with Crippen molar-refractivity contribution in [2.45, 2.75) is 58.9 Å². The van der Waals surface area contributed by atoms with Gasteiger partial charge in [0, 0.05) is 35.0 Å². The summed E-state index contributed by atoms with van der Waals surface area (Å²) in [6.07, 6.45) is 2.59. The first-order valence-electron chi connectivity index (χ1n) is 12.0.